The Bertz CT molecular complexity index is 789. The van der Waals surface area contributed by atoms with Crippen LogP contribution in [0, 0.1) is 19.8 Å². The fraction of sp³-hybridized carbons (Fsp3) is 0.421. The Morgan fingerprint density at radius 1 is 1.25 bits per heavy atom. The first-order valence-electron chi connectivity index (χ1n) is 8.59. The zero-order valence-corrected chi connectivity index (χ0v) is 14.1. The predicted molar refractivity (Wildman–Crippen MR) is 94.4 cm³/mol. The topological polar surface area (TPSA) is 58.1 Å². The number of rotatable bonds is 3. The molecule has 0 radical (unpaired) electrons. The van der Waals surface area contributed by atoms with Gasteiger partial charge >= 0.3 is 0 Å². The van der Waals surface area contributed by atoms with Gasteiger partial charge in [0.25, 0.3) is 5.91 Å². The second-order valence-corrected chi connectivity index (χ2v) is 6.87. The van der Waals surface area contributed by atoms with Crippen LogP contribution in [0.3, 0.4) is 0 Å². The molecule has 2 heterocycles. The van der Waals surface area contributed by atoms with Gasteiger partial charge in [-0.3, -0.25) is 4.79 Å². The van der Waals surface area contributed by atoms with E-state index >= 15 is 0 Å². The fourth-order valence-corrected chi connectivity index (χ4v) is 4.05. The maximum atomic E-state index is 12.7. The maximum Gasteiger partial charge on any atom is 0.259 e. The molecule has 2 atom stereocenters. The fourth-order valence-electron chi connectivity index (χ4n) is 4.05. The van der Waals surface area contributed by atoms with Gasteiger partial charge in [-0.05, 0) is 51.2 Å². The van der Waals surface area contributed by atoms with Gasteiger partial charge in [0.15, 0.2) is 0 Å². The van der Waals surface area contributed by atoms with Gasteiger partial charge < -0.3 is 10.2 Å². The third-order valence-electron chi connectivity index (χ3n) is 5.22. The van der Waals surface area contributed by atoms with E-state index in [0.717, 1.165) is 23.8 Å². The quantitative estimate of drug-likeness (QED) is 0.941. The molecule has 2 aromatic rings. The third kappa shape index (κ3) is 2.64. The minimum Gasteiger partial charge on any atom is -0.367 e. The smallest absolute Gasteiger partial charge is 0.259 e. The number of fused-ring (bicyclic) bond motifs is 2. The van der Waals surface area contributed by atoms with Crippen molar-refractivity contribution in [3.63, 3.8) is 0 Å². The Hall–Kier alpha value is -2.43. The molecule has 1 saturated heterocycles. The number of para-hydroxylation sites is 2. The highest BCUT2D eigenvalue weighted by Gasteiger charge is 2.38. The number of nitrogens with zero attached hydrogens (tertiary/aromatic N) is 3. The Morgan fingerprint density at radius 2 is 2.08 bits per heavy atom. The first-order valence-corrected chi connectivity index (χ1v) is 8.59. The standard InChI is InChI=1S/C19H22N4O/c1-12-16(10-20-13(2)21-12)19(24)22-17-5-3-4-6-18(17)23-11-14-7-8-15(23)9-14/h3-6,10,14-15H,7-9,11H2,1-2H3,(H,22,24). The molecule has 1 amide bonds. The highest BCUT2D eigenvalue weighted by atomic mass is 16.1. The Balaban J connectivity index is 1.60. The molecule has 1 aromatic heterocycles. The van der Waals surface area contributed by atoms with Crippen LogP contribution in [0.4, 0.5) is 11.4 Å². The Morgan fingerprint density at radius 3 is 2.79 bits per heavy atom. The molecule has 1 aliphatic carbocycles. The lowest BCUT2D eigenvalue weighted by atomic mass is 10.1. The maximum absolute atomic E-state index is 12.7. The molecule has 24 heavy (non-hydrogen) atoms. The monoisotopic (exact) mass is 322 g/mol. The van der Waals surface area contributed by atoms with Crippen LogP contribution in [0.2, 0.25) is 0 Å². The number of hydrogen-bond acceptors (Lipinski definition) is 4. The number of nitrogens with one attached hydrogen (secondary N) is 1. The summed E-state index contributed by atoms with van der Waals surface area (Å²) in [5.41, 5.74) is 3.23. The van der Waals surface area contributed by atoms with Crippen LogP contribution in [0.5, 0.6) is 0 Å². The van der Waals surface area contributed by atoms with Crippen LogP contribution in [-0.2, 0) is 0 Å². The first-order chi connectivity index (χ1) is 11.6. The summed E-state index contributed by atoms with van der Waals surface area (Å²) in [5.74, 6) is 1.34. The van der Waals surface area contributed by atoms with E-state index in [4.69, 9.17) is 0 Å². The normalized spacial score (nSPS) is 22.0. The Labute approximate surface area is 142 Å². The third-order valence-corrected chi connectivity index (χ3v) is 5.22. The molecule has 5 nitrogen and oxygen atoms in total. The summed E-state index contributed by atoms with van der Waals surface area (Å²) in [6.45, 7) is 4.77. The number of anilines is 2. The largest absolute Gasteiger partial charge is 0.367 e. The van der Waals surface area contributed by atoms with Crippen molar-refractivity contribution in [3.05, 3.63) is 47.5 Å². The van der Waals surface area contributed by atoms with Crippen molar-refractivity contribution in [2.45, 2.75) is 39.2 Å². The van der Waals surface area contributed by atoms with Gasteiger partial charge in [-0.1, -0.05) is 12.1 Å². The highest BCUT2D eigenvalue weighted by molar-refractivity contribution is 6.06. The number of carbonyl (C=O) groups excluding carboxylic acids is 1. The molecule has 1 N–H and O–H groups in total. The average Bonchev–Trinajstić information content (AvgIpc) is 3.18. The van der Waals surface area contributed by atoms with Gasteiger partial charge in [0.05, 0.1) is 22.6 Å². The molecular weight excluding hydrogens is 300 g/mol. The molecule has 2 fully saturated rings. The Kier molecular flexibility index (Phi) is 3.71. The van der Waals surface area contributed by atoms with E-state index in [2.05, 4.69) is 26.3 Å². The second-order valence-electron chi connectivity index (χ2n) is 6.87. The van der Waals surface area contributed by atoms with Crippen molar-refractivity contribution >= 4 is 17.3 Å². The minimum absolute atomic E-state index is 0.149. The molecule has 0 spiro atoms. The van der Waals surface area contributed by atoms with Crippen LogP contribution in [-0.4, -0.2) is 28.5 Å². The average molecular weight is 322 g/mol. The van der Waals surface area contributed by atoms with Crippen molar-refractivity contribution in [2.24, 2.45) is 5.92 Å². The SMILES string of the molecule is Cc1ncc(C(=O)Nc2ccccc2N2CC3CCC2C3)c(C)n1. The van der Waals surface area contributed by atoms with Gasteiger partial charge in [-0.25, -0.2) is 9.97 Å². The van der Waals surface area contributed by atoms with Crippen LogP contribution in [0.15, 0.2) is 30.5 Å². The lowest BCUT2D eigenvalue weighted by molar-refractivity contribution is 0.102. The molecule has 124 valence electrons. The number of aryl methyl sites for hydroxylation is 2. The molecule has 1 saturated carbocycles. The van der Waals surface area contributed by atoms with E-state index in [0.29, 0.717) is 23.1 Å². The van der Waals surface area contributed by atoms with Gasteiger partial charge in [0.1, 0.15) is 5.82 Å². The van der Waals surface area contributed by atoms with Gasteiger partial charge in [0, 0.05) is 18.8 Å². The van der Waals surface area contributed by atoms with Crippen molar-refractivity contribution < 1.29 is 4.79 Å². The molecular formula is C19H22N4O. The van der Waals surface area contributed by atoms with Gasteiger partial charge in [-0.15, -0.1) is 0 Å². The van der Waals surface area contributed by atoms with Gasteiger partial charge in [0.2, 0.25) is 0 Å². The molecule has 1 aliphatic heterocycles. The number of benzene rings is 1. The molecule has 2 unspecified atom stereocenters. The first kappa shape index (κ1) is 15.1. The lowest BCUT2D eigenvalue weighted by Gasteiger charge is -2.31. The number of piperidine rings is 1. The van der Waals surface area contributed by atoms with E-state index in [-0.39, 0.29) is 5.91 Å². The molecule has 5 heteroatoms. The number of amides is 1. The summed E-state index contributed by atoms with van der Waals surface area (Å²) in [4.78, 5) is 23.6. The van der Waals surface area contributed by atoms with Crippen LogP contribution < -0.4 is 10.2 Å². The van der Waals surface area contributed by atoms with E-state index in [1.807, 2.05) is 32.0 Å². The number of aromatic nitrogens is 2. The number of carbonyl (C=O) groups is 1. The van der Waals surface area contributed by atoms with E-state index in [1.165, 1.54) is 19.3 Å². The second kappa shape index (κ2) is 5.89. The van der Waals surface area contributed by atoms with E-state index < -0.39 is 0 Å². The zero-order chi connectivity index (χ0) is 16.7. The summed E-state index contributed by atoms with van der Waals surface area (Å²) in [7, 11) is 0. The molecule has 2 bridgehead atoms. The van der Waals surface area contributed by atoms with Crippen LogP contribution >= 0.6 is 0 Å². The van der Waals surface area contributed by atoms with Crippen molar-refractivity contribution in [2.75, 3.05) is 16.8 Å². The zero-order valence-electron chi connectivity index (χ0n) is 14.1. The summed E-state index contributed by atoms with van der Waals surface area (Å²) in [6.07, 6.45) is 5.49. The predicted octanol–water partition coefficient (Wildman–Crippen LogP) is 3.33. The van der Waals surface area contributed by atoms with E-state index in [1.54, 1.807) is 6.20 Å². The summed E-state index contributed by atoms with van der Waals surface area (Å²) in [6, 6.07) is 8.71. The molecule has 2 aliphatic rings. The van der Waals surface area contributed by atoms with Crippen LogP contribution in [0.1, 0.15) is 41.1 Å². The minimum atomic E-state index is -0.149. The van der Waals surface area contributed by atoms with E-state index in [9.17, 15) is 4.79 Å². The van der Waals surface area contributed by atoms with Crippen molar-refractivity contribution in [3.8, 4) is 0 Å². The van der Waals surface area contributed by atoms with Crippen LogP contribution in [0.25, 0.3) is 0 Å². The molecule has 4 rings (SSSR count). The van der Waals surface area contributed by atoms with Crippen molar-refractivity contribution in [1.82, 2.24) is 9.97 Å². The lowest BCUT2D eigenvalue weighted by Crippen LogP contribution is -2.32. The summed E-state index contributed by atoms with van der Waals surface area (Å²) in [5, 5.41) is 3.06. The van der Waals surface area contributed by atoms with Gasteiger partial charge in [-0.2, -0.15) is 0 Å². The molecule has 1 aromatic carbocycles. The summed E-state index contributed by atoms with van der Waals surface area (Å²) < 4.78 is 0. The van der Waals surface area contributed by atoms with Crippen molar-refractivity contribution in [1.29, 1.82) is 0 Å². The highest BCUT2D eigenvalue weighted by Crippen LogP contribution is 2.42. The number of hydrogen-bond donors (Lipinski definition) is 1. The summed E-state index contributed by atoms with van der Waals surface area (Å²) >= 11 is 0.